The molecule has 0 aliphatic carbocycles. The molecule has 1 aromatic carbocycles. The Bertz CT molecular complexity index is 539. The lowest BCUT2D eigenvalue weighted by Crippen LogP contribution is -2.53. The lowest BCUT2D eigenvalue weighted by molar-refractivity contribution is 0.0852. The molecule has 1 aromatic rings. The fraction of sp³-hybridized carbons (Fsp3) is 0.529. The van der Waals surface area contributed by atoms with E-state index in [0.717, 1.165) is 17.7 Å². The zero-order chi connectivity index (χ0) is 17.4. The number of amides is 3. The van der Waals surface area contributed by atoms with Gasteiger partial charge in [0.25, 0.3) is 0 Å². The van der Waals surface area contributed by atoms with Gasteiger partial charge in [-0.25, -0.2) is 9.59 Å². The molecule has 7 nitrogen and oxygen atoms in total. The number of nitrogens with one attached hydrogen (secondary N) is 1. The minimum atomic E-state index is -0.308. The molecule has 0 unspecified atom stereocenters. The summed E-state index contributed by atoms with van der Waals surface area (Å²) in [4.78, 5) is 27.1. The Kier molecular flexibility index (Phi) is 6.72. The normalized spacial score (nSPS) is 14.2. The first-order valence-electron chi connectivity index (χ1n) is 8.21. The smallest absolute Gasteiger partial charge is 0.409 e. The van der Waals surface area contributed by atoms with Gasteiger partial charge in [-0.05, 0) is 31.0 Å². The summed E-state index contributed by atoms with van der Waals surface area (Å²) in [7, 11) is 1.64. The summed E-state index contributed by atoms with van der Waals surface area (Å²) in [5, 5.41) is 2.92. The summed E-state index contributed by atoms with van der Waals surface area (Å²) < 4.78 is 10.1. The van der Waals surface area contributed by atoms with Gasteiger partial charge in [0, 0.05) is 32.7 Å². The largest absolute Gasteiger partial charge is 0.497 e. The van der Waals surface area contributed by atoms with Crippen LogP contribution in [0.2, 0.25) is 0 Å². The number of benzene rings is 1. The van der Waals surface area contributed by atoms with E-state index in [2.05, 4.69) is 5.32 Å². The van der Waals surface area contributed by atoms with E-state index < -0.39 is 0 Å². The van der Waals surface area contributed by atoms with Crippen molar-refractivity contribution < 1.29 is 19.1 Å². The predicted molar refractivity (Wildman–Crippen MR) is 90.3 cm³/mol. The van der Waals surface area contributed by atoms with Crippen LogP contribution < -0.4 is 10.1 Å². The molecule has 0 atom stereocenters. The van der Waals surface area contributed by atoms with Gasteiger partial charge >= 0.3 is 12.1 Å². The fourth-order valence-electron chi connectivity index (χ4n) is 2.52. The van der Waals surface area contributed by atoms with E-state index in [9.17, 15) is 9.59 Å². The number of nitrogens with zero attached hydrogens (tertiary/aromatic N) is 2. The topological polar surface area (TPSA) is 71.1 Å². The second-order valence-electron chi connectivity index (χ2n) is 5.50. The standard InChI is InChI=1S/C17H25N3O4/c1-3-24-17(22)20-12-10-19(11-13-20)16(21)18-9-8-14-4-6-15(23-2)7-5-14/h4-7H,3,8-13H2,1-2H3,(H,18,21). The van der Waals surface area contributed by atoms with Crippen molar-refractivity contribution in [2.24, 2.45) is 0 Å². The minimum Gasteiger partial charge on any atom is -0.497 e. The second kappa shape index (κ2) is 9.00. The summed E-state index contributed by atoms with van der Waals surface area (Å²) in [6, 6.07) is 7.70. The van der Waals surface area contributed by atoms with Crippen molar-refractivity contribution in [3.05, 3.63) is 29.8 Å². The second-order valence-corrected chi connectivity index (χ2v) is 5.50. The summed E-state index contributed by atoms with van der Waals surface area (Å²) in [6.45, 7) is 4.77. The van der Waals surface area contributed by atoms with Gasteiger partial charge < -0.3 is 24.6 Å². The molecule has 0 radical (unpaired) electrons. The Labute approximate surface area is 142 Å². The van der Waals surface area contributed by atoms with Crippen molar-refractivity contribution in [2.75, 3.05) is 46.4 Å². The first-order chi connectivity index (χ1) is 11.6. The molecular weight excluding hydrogens is 310 g/mol. The van der Waals surface area contributed by atoms with Crippen LogP contribution in [0.1, 0.15) is 12.5 Å². The SMILES string of the molecule is CCOC(=O)N1CCN(C(=O)NCCc2ccc(OC)cc2)CC1. The fourth-order valence-corrected chi connectivity index (χ4v) is 2.52. The molecule has 2 rings (SSSR count). The van der Waals surface area contributed by atoms with Crippen LogP contribution in [-0.2, 0) is 11.2 Å². The van der Waals surface area contributed by atoms with Gasteiger partial charge in [0.05, 0.1) is 13.7 Å². The molecule has 1 heterocycles. The number of methoxy groups -OCH3 is 1. The van der Waals surface area contributed by atoms with Crippen molar-refractivity contribution in [1.82, 2.24) is 15.1 Å². The average molecular weight is 335 g/mol. The van der Waals surface area contributed by atoms with Crippen molar-refractivity contribution in [3.63, 3.8) is 0 Å². The van der Waals surface area contributed by atoms with Crippen LogP contribution in [0.4, 0.5) is 9.59 Å². The van der Waals surface area contributed by atoms with Crippen LogP contribution in [0.25, 0.3) is 0 Å². The van der Waals surface area contributed by atoms with Crippen molar-refractivity contribution in [1.29, 1.82) is 0 Å². The maximum Gasteiger partial charge on any atom is 0.409 e. The van der Waals surface area contributed by atoms with E-state index in [4.69, 9.17) is 9.47 Å². The van der Waals surface area contributed by atoms with E-state index in [1.807, 2.05) is 24.3 Å². The Balaban J connectivity index is 1.68. The zero-order valence-electron chi connectivity index (χ0n) is 14.3. The Morgan fingerprint density at radius 3 is 2.29 bits per heavy atom. The van der Waals surface area contributed by atoms with E-state index >= 15 is 0 Å². The molecule has 1 aliphatic heterocycles. The third kappa shape index (κ3) is 5.04. The first-order valence-corrected chi connectivity index (χ1v) is 8.21. The zero-order valence-corrected chi connectivity index (χ0v) is 14.3. The van der Waals surface area contributed by atoms with Gasteiger partial charge in [0.1, 0.15) is 5.75 Å². The summed E-state index contributed by atoms with van der Waals surface area (Å²) in [6.07, 6.45) is 0.454. The molecule has 0 bridgehead atoms. The summed E-state index contributed by atoms with van der Waals surface area (Å²) in [5.41, 5.74) is 1.14. The van der Waals surface area contributed by atoms with Crippen LogP contribution in [0, 0.1) is 0 Å². The van der Waals surface area contributed by atoms with Gasteiger partial charge in [0.15, 0.2) is 0 Å². The number of ether oxygens (including phenoxy) is 2. The van der Waals surface area contributed by atoms with E-state index in [-0.39, 0.29) is 12.1 Å². The molecular formula is C17H25N3O4. The van der Waals surface area contributed by atoms with Gasteiger partial charge in [-0.3, -0.25) is 0 Å². The Hall–Kier alpha value is -2.44. The predicted octanol–water partition coefficient (Wildman–Crippen LogP) is 1.72. The number of carbonyl (C=O) groups is 2. The highest BCUT2D eigenvalue weighted by molar-refractivity contribution is 5.75. The molecule has 132 valence electrons. The van der Waals surface area contributed by atoms with Crippen LogP contribution >= 0.6 is 0 Å². The maximum atomic E-state index is 12.2. The molecule has 7 heteroatoms. The number of piperazine rings is 1. The average Bonchev–Trinajstić information content (AvgIpc) is 2.62. The van der Waals surface area contributed by atoms with Crippen molar-refractivity contribution >= 4 is 12.1 Å². The molecule has 1 saturated heterocycles. The van der Waals surface area contributed by atoms with E-state index in [1.54, 1.807) is 23.8 Å². The molecule has 24 heavy (non-hydrogen) atoms. The monoisotopic (exact) mass is 335 g/mol. The van der Waals surface area contributed by atoms with Gasteiger partial charge in [0.2, 0.25) is 0 Å². The van der Waals surface area contributed by atoms with Gasteiger partial charge in [-0.2, -0.15) is 0 Å². The molecule has 0 aromatic heterocycles. The minimum absolute atomic E-state index is 0.0907. The number of carbonyl (C=O) groups excluding carboxylic acids is 2. The lowest BCUT2D eigenvalue weighted by Gasteiger charge is -2.34. The highest BCUT2D eigenvalue weighted by Gasteiger charge is 2.24. The Morgan fingerprint density at radius 2 is 1.71 bits per heavy atom. The van der Waals surface area contributed by atoms with Crippen LogP contribution in [0.15, 0.2) is 24.3 Å². The molecule has 0 spiro atoms. The number of rotatable bonds is 5. The van der Waals surface area contributed by atoms with Crippen molar-refractivity contribution in [2.45, 2.75) is 13.3 Å². The van der Waals surface area contributed by atoms with E-state index in [0.29, 0.717) is 39.3 Å². The van der Waals surface area contributed by atoms with Crippen LogP contribution in [-0.4, -0.2) is 68.4 Å². The van der Waals surface area contributed by atoms with Crippen molar-refractivity contribution in [3.8, 4) is 5.75 Å². The number of hydrogen-bond acceptors (Lipinski definition) is 4. The molecule has 1 aliphatic rings. The highest BCUT2D eigenvalue weighted by atomic mass is 16.6. The molecule has 1 fully saturated rings. The summed E-state index contributed by atoms with van der Waals surface area (Å²) in [5.74, 6) is 0.822. The number of urea groups is 1. The third-order valence-corrected chi connectivity index (χ3v) is 3.94. The van der Waals surface area contributed by atoms with Gasteiger partial charge in [-0.15, -0.1) is 0 Å². The van der Waals surface area contributed by atoms with Crippen LogP contribution in [0.3, 0.4) is 0 Å². The van der Waals surface area contributed by atoms with Gasteiger partial charge in [-0.1, -0.05) is 12.1 Å². The molecule has 0 saturated carbocycles. The quantitative estimate of drug-likeness (QED) is 0.889. The highest BCUT2D eigenvalue weighted by Crippen LogP contribution is 2.11. The lowest BCUT2D eigenvalue weighted by atomic mass is 10.1. The number of hydrogen-bond donors (Lipinski definition) is 1. The summed E-state index contributed by atoms with van der Waals surface area (Å²) >= 11 is 0. The first kappa shape index (κ1) is 17.9. The Morgan fingerprint density at radius 1 is 1.08 bits per heavy atom. The molecule has 1 N–H and O–H groups in total. The van der Waals surface area contributed by atoms with E-state index in [1.165, 1.54) is 0 Å². The molecule has 3 amide bonds. The van der Waals surface area contributed by atoms with Crippen LogP contribution in [0.5, 0.6) is 5.75 Å². The third-order valence-electron chi connectivity index (χ3n) is 3.94. The maximum absolute atomic E-state index is 12.2.